The van der Waals surface area contributed by atoms with Crippen molar-refractivity contribution in [3.63, 3.8) is 0 Å². The van der Waals surface area contributed by atoms with Crippen LogP contribution in [0, 0.1) is 0 Å². The molecule has 2 rings (SSSR count). The van der Waals surface area contributed by atoms with Crippen molar-refractivity contribution in [1.29, 1.82) is 0 Å². The van der Waals surface area contributed by atoms with Gasteiger partial charge in [-0.05, 0) is 51.4 Å². The third-order valence-electron chi connectivity index (χ3n) is 3.32. The molecular formula is C17H28ClIrO-. The summed E-state index contributed by atoms with van der Waals surface area (Å²) >= 11 is 4.19. The van der Waals surface area contributed by atoms with Gasteiger partial charge in [0.05, 0.1) is 0 Å². The third-order valence-corrected chi connectivity index (χ3v) is 3.32. The van der Waals surface area contributed by atoms with E-state index in [1.54, 1.807) is 0 Å². The zero-order valence-corrected chi connectivity index (χ0v) is 15.6. The molecular weight excluding hydrogens is 448 g/mol. The van der Waals surface area contributed by atoms with E-state index in [1.807, 2.05) is 0 Å². The normalized spacial score (nSPS) is 18.2. The molecule has 0 saturated heterocycles. The van der Waals surface area contributed by atoms with Crippen LogP contribution in [-0.4, -0.2) is 5.75 Å². The Kier molecular flexibility index (Phi) is 23.9. The summed E-state index contributed by atoms with van der Waals surface area (Å²) in [5.74, 6) is 0.972. The molecule has 1 radical (unpaired) electrons. The minimum absolute atomic E-state index is 0. The summed E-state index contributed by atoms with van der Waals surface area (Å²) in [6.45, 7) is 0. The average Bonchev–Trinajstić information content (AvgIpc) is 2.28. The van der Waals surface area contributed by atoms with Gasteiger partial charge in [0.2, 0.25) is 0 Å². The Balaban J connectivity index is 0. The van der Waals surface area contributed by atoms with Crippen LogP contribution in [0.1, 0.15) is 77.0 Å². The van der Waals surface area contributed by atoms with Gasteiger partial charge in [-0.1, -0.05) is 50.0 Å². The van der Waals surface area contributed by atoms with Crippen LogP contribution in [0.5, 0.6) is 0 Å². The summed E-state index contributed by atoms with van der Waals surface area (Å²) < 4.78 is 0. The van der Waals surface area contributed by atoms with Gasteiger partial charge in [0.1, 0.15) is 0 Å². The van der Waals surface area contributed by atoms with E-state index in [9.17, 15) is 0 Å². The van der Waals surface area contributed by atoms with Gasteiger partial charge in [-0.15, -0.1) is 0 Å². The molecule has 0 spiro atoms. The summed E-state index contributed by atoms with van der Waals surface area (Å²) in [7, 11) is 0. The second-order valence-electron chi connectivity index (χ2n) is 5.00. The van der Waals surface area contributed by atoms with Gasteiger partial charge in [-0.2, -0.15) is 5.75 Å². The predicted molar refractivity (Wildman–Crippen MR) is 85.2 cm³/mol. The Morgan fingerprint density at radius 1 is 0.600 bits per heavy atom. The summed E-state index contributed by atoms with van der Waals surface area (Å²) in [5.41, 5.74) is 0. The molecule has 0 heterocycles. The summed E-state index contributed by atoms with van der Waals surface area (Å²) in [5, 5.41) is 0. The Morgan fingerprint density at radius 2 is 0.800 bits per heavy atom. The topological polar surface area (TPSA) is 17.1 Å². The standard InChI is InChI=1S/2C8H14.CClO.Ir/c2*1-2-4-6-8-7-5-3-1;2-1-3;/h2*1-2H,3-8H2;;/q;;-1;. The van der Waals surface area contributed by atoms with Crippen molar-refractivity contribution >= 4 is 17.3 Å². The Bertz CT molecular complexity index is 197. The number of hydrogen-bond donors (Lipinski definition) is 0. The predicted octanol–water partition coefficient (Wildman–Crippen LogP) is 6.08. The van der Waals surface area contributed by atoms with Crippen molar-refractivity contribution in [3.8, 4) is 0 Å². The van der Waals surface area contributed by atoms with E-state index < -0.39 is 0 Å². The molecule has 0 N–H and O–H groups in total. The Hall–Kier alpha value is 0.0894. The van der Waals surface area contributed by atoms with Gasteiger partial charge in [0.15, 0.2) is 0 Å². The van der Waals surface area contributed by atoms with E-state index in [-0.39, 0.29) is 20.1 Å². The molecule has 0 aromatic carbocycles. The largest absolute Gasteiger partial charge is 0.525 e. The zero-order valence-electron chi connectivity index (χ0n) is 12.4. The number of rotatable bonds is 0. The fraction of sp³-hybridized carbons (Fsp3) is 0.706. The zero-order chi connectivity index (χ0) is 14.0. The second kappa shape index (κ2) is 21.4. The monoisotopic (exact) mass is 476 g/mol. The molecule has 0 unspecified atom stereocenters. The molecule has 0 bridgehead atoms. The molecule has 2 aliphatic rings. The van der Waals surface area contributed by atoms with Crippen LogP contribution >= 0.6 is 11.6 Å². The van der Waals surface area contributed by atoms with Gasteiger partial charge in [-0.3, -0.25) is 0 Å². The van der Waals surface area contributed by atoms with Crippen LogP contribution in [0.25, 0.3) is 0 Å². The maximum absolute atomic E-state index is 8.45. The first-order valence-electron chi connectivity index (χ1n) is 7.69. The van der Waals surface area contributed by atoms with Crippen molar-refractivity contribution in [2.45, 2.75) is 77.0 Å². The van der Waals surface area contributed by atoms with Crippen molar-refractivity contribution < 1.29 is 24.9 Å². The molecule has 0 aliphatic heterocycles. The number of halogens is 1. The van der Waals surface area contributed by atoms with Gasteiger partial charge in [0, 0.05) is 20.1 Å². The second-order valence-corrected chi connectivity index (χ2v) is 5.16. The SMILES string of the molecule is C1=CCCCCCC1.C1=CCCCCCC1.O=[C-]Cl.[Ir]. The fourth-order valence-electron chi connectivity index (χ4n) is 2.23. The van der Waals surface area contributed by atoms with Crippen molar-refractivity contribution in [2.24, 2.45) is 0 Å². The van der Waals surface area contributed by atoms with Crippen LogP contribution < -0.4 is 0 Å². The number of hydrogen-bond acceptors (Lipinski definition) is 1. The Labute approximate surface area is 143 Å². The molecule has 1 nitrogen and oxygen atoms in total. The summed E-state index contributed by atoms with van der Waals surface area (Å²) in [4.78, 5) is 8.45. The van der Waals surface area contributed by atoms with Gasteiger partial charge < -0.3 is 16.4 Å². The molecule has 2 aliphatic carbocycles. The third kappa shape index (κ3) is 20.4. The van der Waals surface area contributed by atoms with Crippen LogP contribution in [0.15, 0.2) is 24.3 Å². The van der Waals surface area contributed by atoms with Gasteiger partial charge >= 0.3 is 0 Å². The molecule has 20 heavy (non-hydrogen) atoms. The fourth-order valence-corrected chi connectivity index (χ4v) is 2.23. The van der Waals surface area contributed by atoms with E-state index in [2.05, 4.69) is 35.9 Å². The van der Waals surface area contributed by atoms with Crippen molar-refractivity contribution in [3.05, 3.63) is 24.3 Å². The maximum Gasteiger partial charge on any atom is 0 e. The summed E-state index contributed by atoms with van der Waals surface area (Å²) in [6.07, 6.45) is 26.0. The number of carbonyl (C=O) groups excluding carboxylic acids is 1. The first kappa shape index (κ1) is 22.4. The van der Waals surface area contributed by atoms with Crippen LogP contribution in [0.2, 0.25) is 0 Å². The van der Waals surface area contributed by atoms with Gasteiger partial charge in [-0.25, -0.2) is 0 Å². The number of allylic oxidation sites excluding steroid dienone is 4. The quantitative estimate of drug-likeness (QED) is 0.235. The van der Waals surface area contributed by atoms with Crippen molar-refractivity contribution in [2.75, 3.05) is 0 Å². The van der Waals surface area contributed by atoms with Crippen LogP contribution in [-0.2, 0) is 24.9 Å². The molecule has 0 saturated carbocycles. The van der Waals surface area contributed by atoms with Crippen LogP contribution in [0.3, 0.4) is 0 Å². The minimum Gasteiger partial charge on any atom is -0.525 e. The Morgan fingerprint density at radius 3 is 1.00 bits per heavy atom. The molecule has 0 atom stereocenters. The van der Waals surface area contributed by atoms with E-state index in [0.29, 0.717) is 0 Å². The van der Waals surface area contributed by atoms with Crippen LogP contribution in [0.4, 0.5) is 0 Å². The molecule has 0 aromatic heterocycles. The smallest absolute Gasteiger partial charge is 0 e. The molecule has 0 aromatic rings. The maximum atomic E-state index is 8.45. The van der Waals surface area contributed by atoms with E-state index >= 15 is 0 Å². The molecule has 3 heteroatoms. The first-order chi connectivity index (χ1) is 9.41. The van der Waals surface area contributed by atoms with E-state index in [1.165, 1.54) is 77.0 Å². The minimum atomic E-state index is 0. The molecule has 0 amide bonds. The van der Waals surface area contributed by atoms with Crippen molar-refractivity contribution in [1.82, 2.24) is 0 Å². The summed E-state index contributed by atoms with van der Waals surface area (Å²) in [6, 6.07) is 0. The van der Waals surface area contributed by atoms with E-state index in [4.69, 9.17) is 4.79 Å². The van der Waals surface area contributed by atoms with E-state index in [0.717, 1.165) is 5.75 Å². The first-order valence-corrected chi connectivity index (χ1v) is 8.07. The van der Waals surface area contributed by atoms with Gasteiger partial charge in [0.25, 0.3) is 0 Å². The average molecular weight is 476 g/mol. The molecule has 119 valence electrons. The molecule has 0 fully saturated rings.